The summed E-state index contributed by atoms with van der Waals surface area (Å²) >= 11 is 0. The molecule has 0 spiro atoms. The van der Waals surface area contributed by atoms with Crippen LogP contribution in [0.25, 0.3) is 0 Å². The van der Waals surface area contributed by atoms with E-state index in [1.807, 2.05) is 39.0 Å². The third-order valence-electron chi connectivity index (χ3n) is 4.93. The SMILES string of the molecule is CCOc1ccc(NS(=O)(=O)c2ccc(OCC(=O)Nc3c(C)cccc3CC)cc2)cc1. The van der Waals surface area contributed by atoms with Crippen molar-refractivity contribution in [1.82, 2.24) is 0 Å². The number of sulfonamides is 1. The highest BCUT2D eigenvalue weighted by Crippen LogP contribution is 2.23. The number of carbonyl (C=O) groups excluding carboxylic acids is 1. The molecule has 7 nitrogen and oxygen atoms in total. The minimum absolute atomic E-state index is 0.0840. The molecule has 0 saturated heterocycles. The van der Waals surface area contributed by atoms with Crippen molar-refractivity contribution in [3.63, 3.8) is 0 Å². The molecule has 0 saturated carbocycles. The lowest BCUT2D eigenvalue weighted by Crippen LogP contribution is -2.21. The van der Waals surface area contributed by atoms with Crippen LogP contribution in [0.15, 0.2) is 71.6 Å². The molecule has 1 amide bonds. The molecular formula is C25H28N2O5S. The number of anilines is 2. The zero-order chi connectivity index (χ0) is 23.8. The van der Waals surface area contributed by atoms with Crippen molar-refractivity contribution in [1.29, 1.82) is 0 Å². The number of carbonyl (C=O) groups is 1. The van der Waals surface area contributed by atoms with E-state index < -0.39 is 10.0 Å². The molecule has 0 aliphatic carbocycles. The van der Waals surface area contributed by atoms with Crippen molar-refractivity contribution >= 4 is 27.3 Å². The summed E-state index contributed by atoms with van der Waals surface area (Å²) in [5, 5.41) is 2.90. The molecule has 3 aromatic carbocycles. The summed E-state index contributed by atoms with van der Waals surface area (Å²) in [6.45, 7) is 6.20. The smallest absolute Gasteiger partial charge is 0.262 e. The van der Waals surface area contributed by atoms with E-state index in [4.69, 9.17) is 9.47 Å². The number of para-hydroxylation sites is 1. The predicted octanol–water partition coefficient (Wildman–Crippen LogP) is 4.77. The van der Waals surface area contributed by atoms with Crippen LogP contribution in [-0.4, -0.2) is 27.5 Å². The minimum atomic E-state index is -3.77. The Kier molecular flexibility index (Phi) is 7.95. The minimum Gasteiger partial charge on any atom is -0.494 e. The zero-order valence-corrected chi connectivity index (χ0v) is 19.7. The predicted molar refractivity (Wildman–Crippen MR) is 130 cm³/mol. The van der Waals surface area contributed by atoms with Gasteiger partial charge >= 0.3 is 0 Å². The summed E-state index contributed by atoms with van der Waals surface area (Å²) in [5.41, 5.74) is 3.27. The number of rotatable bonds is 10. The van der Waals surface area contributed by atoms with Gasteiger partial charge in [-0.2, -0.15) is 0 Å². The van der Waals surface area contributed by atoms with Gasteiger partial charge in [-0.1, -0.05) is 25.1 Å². The molecule has 0 aliphatic heterocycles. The molecule has 0 aliphatic rings. The Morgan fingerprint density at radius 3 is 2.15 bits per heavy atom. The Balaban J connectivity index is 1.59. The van der Waals surface area contributed by atoms with E-state index >= 15 is 0 Å². The third kappa shape index (κ3) is 6.49. The fourth-order valence-electron chi connectivity index (χ4n) is 3.24. The van der Waals surface area contributed by atoms with Crippen molar-refractivity contribution in [3.8, 4) is 11.5 Å². The maximum Gasteiger partial charge on any atom is 0.262 e. The van der Waals surface area contributed by atoms with Gasteiger partial charge in [0.05, 0.1) is 11.5 Å². The first-order chi connectivity index (χ1) is 15.8. The highest BCUT2D eigenvalue weighted by Gasteiger charge is 2.15. The average Bonchev–Trinajstić information content (AvgIpc) is 2.80. The third-order valence-corrected chi connectivity index (χ3v) is 6.32. The topological polar surface area (TPSA) is 93.7 Å². The monoisotopic (exact) mass is 468 g/mol. The molecule has 0 radical (unpaired) electrons. The number of hydrogen-bond donors (Lipinski definition) is 2. The first-order valence-corrected chi connectivity index (χ1v) is 12.2. The number of ether oxygens (including phenoxy) is 2. The van der Waals surface area contributed by atoms with Crippen LogP contribution in [0.5, 0.6) is 11.5 Å². The molecule has 0 bridgehead atoms. The molecule has 0 fully saturated rings. The second-order valence-corrected chi connectivity index (χ2v) is 9.02. The quantitative estimate of drug-likeness (QED) is 0.447. The lowest BCUT2D eigenvalue weighted by Gasteiger charge is -2.13. The van der Waals surface area contributed by atoms with E-state index in [0.717, 1.165) is 23.2 Å². The summed E-state index contributed by atoms with van der Waals surface area (Å²) in [6, 6.07) is 18.4. The van der Waals surface area contributed by atoms with Crippen LogP contribution in [0.4, 0.5) is 11.4 Å². The molecule has 0 unspecified atom stereocenters. The van der Waals surface area contributed by atoms with Crippen molar-refractivity contribution in [3.05, 3.63) is 77.9 Å². The van der Waals surface area contributed by atoms with Crippen LogP contribution in [0.1, 0.15) is 25.0 Å². The van der Waals surface area contributed by atoms with E-state index in [-0.39, 0.29) is 17.4 Å². The van der Waals surface area contributed by atoms with Gasteiger partial charge < -0.3 is 14.8 Å². The number of aryl methyl sites for hydroxylation is 2. The normalized spacial score (nSPS) is 11.0. The van der Waals surface area contributed by atoms with Crippen LogP contribution in [-0.2, 0) is 21.2 Å². The van der Waals surface area contributed by atoms with Crippen LogP contribution < -0.4 is 19.5 Å². The second kappa shape index (κ2) is 10.9. The Morgan fingerprint density at radius 2 is 1.52 bits per heavy atom. The zero-order valence-electron chi connectivity index (χ0n) is 18.9. The molecule has 174 valence electrons. The standard InChI is InChI=1S/C25H28N2O5S/c1-4-19-8-6-7-18(3)25(19)26-24(28)17-32-22-13-15-23(16-14-22)33(29,30)27-20-9-11-21(12-10-20)31-5-2/h6-16,27H,4-5,17H2,1-3H3,(H,26,28). The Labute approximate surface area is 194 Å². The number of nitrogens with one attached hydrogen (secondary N) is 2. The van der Waals surface area contributed by atoms with Gasteiger partial charge in [0.25, 0.3) is 15.9 Å². The summed E-state index contributed by atoms with van der Waals surface area (Å²) in [4.78, 5) is 12.4. The maximum atomic E-state index is 12.6. The van der Waals surface area contributed by atoms with Crippen LogP contribution >= 0.6 is 0 Å². The Hall–Kier alpha value is -3.52. The van der Waals surface area contributed by atoms with Gasteiger partial charge in [0.1, 0.15) is 11.5 Å². The number of benzene rings is 3. The number of hydrogen-bond acceptors (Lipinski definition) is 5. The number of amides is 1. The lowest BCUT2D eigenvalue weighted by molar-refractivity contribution is -0.118. The molecule has 3 aromatic rings. The van der Waals surface area contributed by atoms with Crippen molar-refractivity contribution in [2.45, 2.75) is 32.1 Å². The first kappa shape index (κ1) is 24.1. The maximum absolute atomic E-state index is 12.6. The van der Waals surface area contributed by atoms with Crippen LogP contribution in [0.2, 0.25) is 0 Å². The molecule has 0 atom stereocenters. The van der Waals surface area contributed by atoms with Crippen molar-refractivity contribution < 1.29 is 22.7 Å². The summed E-state index contributed by atoms with van der Waals surface area (Å²) in [6.07, 6.45) is 0.804. The highest BCUT2D eigenvalue weighted by atomic mass is 32.2. The van der Waals surface area contributed by atoms with E-state index in [2.05, 4.69) is 10.0 Å². The molecular weight excluding hydrogens is 440 g/mol. The molecule has 0 aromatic heterocycles. The Bertz CT molecular complexity index is 1190. The molecule has 8 heteroatoms. The fourth-order valence-corrected chi connectivity index (χ4v) is 4.30. The summed E-state index contributed by atoms with van der Waals surface area (Å²) in [7, 11) is -3.77. The van der Waals surface area contributed by atoms with Crippen molar-refractivity contribution in [2.75, 3.05) is 23.3 Å². The largest absolute Gasteiger partial charge is 0.494 e. The van der Waals surface area contributed by atoms with Gasteiger partial charge in [0, 0.05) is 11.4 Å². The van der Waals surface area contributed by atoms with Gasteiger partial charge in [-0.3, -0.25) is 9.52 Å². The molecule has 3 rings (SSSR count). The fraction of sp³-hybridized carbons (Fsp3) is 0.240. The molecule has 2 N–H and O–H groups in total. The molecule has 33 heavy (non-hydrogen) atoms. The molecule has 0 heterocycles. The van der Waals surface area contributed by atoms with E-state index in [0.29, 0.717) is 23.8 Å². The van der Waals surface area contributed by atoms with Gasteiger partial charge in [-0.25, -0.2) is 8.42 Å². The van der Waals surface area contributed by atoms with Gasteiger partial charge in [0.15, 0.2) is 6.61 Å². The van der Waals surface area contributed by atoms with Gasteiger partial charge in [-0.05, 0) is 79.9 Å². The first-order valence-electron chi connectivity index (χ1n) is 10.7. The van der Waals surface area contributed by atoms with Gasteiger partial charge in [-0.15, -0.1) is 0 Å². The van der Waals surface area contributed by atoms with E-state index in [9.17, 15) is 13.2 Å². The van der Waals surface area contributed by atoms with Crippen LogP contribution in [0, 0.1) is 6.92 Å². The highest BCUT2D eigenvalue weighted by molar-refractivity contribution is 7.92. The average molecular weight is 469 g/mol. The van der Waals surface area contributed by atoms with E-state index in [1.165, 1.54) is 24.3 Å². The second-order valence-electron chi connectivity index (χ2n) is 7.33. The Morgan fingerprint density at radius 1 is 0.879 bits per heavy atom. The summed E-state index contributed by atoms with van der Waals surface area (Å²) in [5.74, 6) is 0.776. The van der Waals surface area contributed by atoms with Crippen molar-refractivity contribution in [2.24, 2.45) is 0 Å². The van der Waals surface area contributed by atoms with Gasteiger partial charge in [0.2, 0.25) is 0 Å². The van der Waals surface area contributed by atoms with Crippen LogP contribution in [0.3, 0.4) is 0 Å². The van der Waals surface area contributed by atoms with E-state index in [1.54, 1.807) is 24.3 Å². The summed E-state index contributed by atoms with van der Waals surface area (Å²) < 4.78 is 38.7. The lowest BCUT2D eigenvalue weighted by atomic mass is 10.1.